The molecular formula is C32H30N2O3S2. The summed E-state index contributed by atoms with van der Waals surface area (Å²) in [6.07, 6.45) is 1.22. The Morgan fingerprint density at radius 1 is 0.718 bits per heavy atom. The Morgan fingerprint density at radius 2 is 1.28 bits per heavy atom. The van der Waals surface area contributed by atoms with Crippen molar-refractivity contribution in [3.63, 3.8) is 0 Å². The molecule has 0 aliphatic heterocycles. The van der Waals surface area contributed by atoms with Crippen LogP contribution in [-0.4, -0.2) is 25.5 Å². The number of sulfonamides is 1. The third-order valence-electron chi connectivity index (χ3n) is 6.57. The van der Waals surface area contributed by atoms with Gasteiger partial charge in [-0.25, -0.2) is 8.42 Å². The summed E-state index contributed by atoms with van der Waals surface area (Å²) in [6, 6.07) is 35.2. The molecule has 5 nitrogen and oxygen atoms in total. The van der Waals surface area contributed by atoms with Crippen molar-refractivity contribution in [2.45, 2.75) is 26.6 Å². The van der Waals surface area contributed by atoms with Gasteiger partial charge in [-0.05, 0) is 53.3 Å². The Bertz CT molecular complexity index is 1640. The number of amides is 1. The Balaban J connectivity index is 1.45. The standard InChI is InChI=1S/C32H30N2O3S2/c1-24-13-15-27(16-14-24)23-34(39(2,36)37)29-17-18-30-28(19-29)20-31(38-30)32(35)33(21-25-9-5-3-6-10-25)22-26-11-7-4-8-12-26/h3-20H,21-23H2,1-2H3. The number of rotatable bonds is 9. The molecule has 7 heteroatoms. The van der Waals surface area contributed by atoms with Crippen molar-refractivity contribution in [3.05, 3.63) is 136 Å². The van der Waals surface area contributed by atoms with Gasteiger partial charge in [0.1, 0.15) is 0 Å². The fourth-order valence-corrected chi connectivity index (χ4v) is 6.40. The van der Waals surface area contributed by atoms with Gasteiger partial charge in [0.05, 0.1) is 23.4 Å². The minimum atomic E-state index is -3.53. The lowest BCUT2D eigenvalue weighted by atomic mass is 10.1. The number of carbonyl (C=O) groups is 1. The maximum absolute atomic E-state index is 13.8. The predicted molar refractivity (Wildman–Crippen MR) is 160 cm³/mol. The predicted octanol–water partition coefficient (Wildman–Crippen LogP) is 7.02. The average Bonchev–Trinajstić information content (AvgIpc) is 3.36. The van der Waals surface area contributed by atoms with E-state index in [1.54, 1.807) is 0 Å². The number of hydrogen-bond acceptors (Lipinski definition) is 4. The van der Waals surface area contributed by atoms with Crippen molar-refractivity contribution < 1.29 is 13.2 Å². The molecule has 5 rings (SSSR count). The molecule has 1 aromatic heterocycles. The molecule has 0 saturated carbocycles. The third kappa shape index (κ3) is 6.56. The number of hydrogen-bond donors (Lipinski definition) is 0. The summed E-state index contributed by atoms with van der Waals surface area (Å²) >= 11 is 1.43. The smallest absolute Gasteiger partial charge is 0.264 e. The van der Waals surface area contributed by atoms with Gasteiger partial charge < -0.3 is 4.90 Å². The number of thiophene rings is 1. The first-order valence-electron chi connectivity index (χ1n) is 12.7. The van der Waals surface area contributed by atoms with Gasteiger partial charge in [-0.1, -0.05) is 90.5 Å². The zero-order chi connectivity index (χ0) is 27.4. The van der Waals surface area contributed by atoms with Crippen LogP contribution >= 0.6 is 11.3 Å². The lowest BCUT2D eigenvalue weighted by Gasteiger charge is -2.23. The van der Waals surface area contributed by atoms with Crippen LogP contribution in [0.15, 0.2) is 109 Å². The van der Waals surface area contributed by atoms with Crippen LogP contribution in [0.1, 0.15) is 31.9 Å². The van der Waals surface area contributed by atoms with Crippen molar-refractivity contribution in [2.24, 2.45) is 0 Å². The summed E-state index contributed by atoms with van der Waals surface area (Å²) in [6.45, 7) is 3.23. The Morgan fingerprint density at radius 3 is 1.85 bits per heavy atom. The van der Waals surface area contributed by atoms with Gasteiger partial charge in [-0.3, -0.25) is 9.10 Å². The van der Waals surface area contributed by atoms with Crippen molar-refractivity contribution in [1.82, 2.24) is 4.90 Å². The zero-order valence-electron chi connectivity index (χ0n) is 21.9. The highest BCUT2D eigenvalue weighted by Crippen LogP contribution is 2.32. The minimum Gasteiger partial charge on any atom is -0.329 e. The molecule has 0 bridgehead atoms. The minimum absolute atomic E-state index is 0.0509. The van der Waals surface area contributed by atoms with Crippen LogP contribution in [0.4, 0.5) is 5.69 Å². The number of anilines is 1. The van der Waals surface area contributed by atoms with Gasteiger partial charge in [0.2, 0.25) is 10.0 Å². The van der Waals surface area contributed by atoms with Gasteiger partial charge >= 0.3 is 0 Å². The van der Waals surface area contributed by atoms with Crippen molar-refractivity contribution in [2.75, 3.05) is 10.6 Å². The van der Waals surface area contributed by atoms with Gasteiger partial charge in [-0.15, -0.1) is 11.3 Å². The van der Waals surface area contributed by atoms with E-state index in [4.69, 9.17) is 0 Å². The van der Waals surface area contributed by atoms with Gasteiger partial charge in [-0.2, -0.15) is 0 Å². The van der Waals surface area contributed by atoms with E-state index in [2.05, 4.69) is 0 Å². The molecule has 0 radical (unpaired) electrons. The molecule has 1 heterocycles. The van der Waals surface area contributed by atoms with E-state index in [0.717, 1.165) is 32.3 Å². The second-order valence-electron chi connectivity index (χ2n) is 9.72. The number of carbonyl (C=O) groups excluding carboxylic acids is 1. The first-order valence-corrected chi connectivity index (χ1v) is 15.4. The molecule has 1 amide bonds. The summed E-state index contributed by atoms with van der Waals surface area (Å²) in [4.78, 5) is 16.3. The fourth-order valence-electron chi connectivity index (χ4n) is 4.51. The Labute approximate surface area is 234 Å². The van der Waals surface area contributed by atoms with Gasteiger partial charge in [0.25, 0.3) is 5.91 Å². The molecule has 39 heavy (non-hydrogen) atoms. The molecule has 0 spiro atoms. The second kappa shape index (κ2) is 11.4. The van der Waals surface area contributed by atoms with E-state index >= 15 is 0 Å². The van der Waals surface area contributed by atoms with Crippen LogP contribution in [0.5, 0.6) is 0 Å². The van der Waals surface area contributed by atoms with Gasteiger partial charge in [0, 0.05) is 17.8 Å². The van der Waals surface area contributed by atoms with E-state index in [1.165, 1.54) is 21.9 Å². The summed E-state index contributed by atoms with van der Waals surface area (Å²) in [7, 11) is -3.53. The third-order valence-corrected chi connectivity index (χ3v) is 8.81. The quantitative estimate of drug-likeness (QED) is 0.197. The highest BCUT2D eigenvalue weighted by molar-refractivity contribution is 7.92. The van der Waals surface area contributed by atoms with E-state index in [0.29, 0.717) is 23.7 Å². The highest BCUT2D eigenvalue weighted by atomic mass is 32.2. The van der Waals surface area contributed by atoms with Crippen molar-refractivity contribution >= 4 is 43.0 Å². The van der Waals surface area contributed by atoms with Crippen LogP contribution in [0, 0.1) is 6.92 Å². The summed E-state index contributed by atoms with van der Waals surface area (Å²) in [5, 5.41) is 0.845. The summed E-state index contributed by atoms with van der Waals surface area (Å²) in [5.74, 6) is -0.0509. The van der Waals surface area contributed by atoms with E-state index in [9.17, 15) is 13.2 Å². The summed E-state index contributed by atoms with van der Waals surface area (Å²) < 4.78 is 27.9. The Kier molecular flexibility index (Phi) is 7.82. The molecule has 0 saturated heterocycles. The van der Waals surface area contributed by atoms with E-state index in [1.807, 2.05) is 121 Å². The maximum Gasteiger partial charge on any atom is 0.264 e. The molecular weight excluding hydrogens is 524 g/mol. The molecule has 5 aromatic rings. The van der Waals surface area contributed by atoms with Crippen molar-refractivity contribution in [1.29, 1.82) is 0 Å². The monoisotopic (exact) mass is 554 g/mol. The maximum atomic E-state index is 13.8. The SMILES string of the molecule is Cc1ccc(CN(c2ccc3sc(C(=O)N(Cc4ccccc4)Cc4ccccc4)cc3c2)S(C)(=O)=O)cc1. The molecule has 0 aliphatic rings. The van der Waals surface area contributed by atoms with Crippen LogP contribution in [0.25, 0.3) is 10.1 Å². The largest absolute Gasteiger partial charge is 0.329 e. The first-order chi connectivity index (χ1) is 18.8. The summed E-state index contributed by atoms with van der Waals surface area (Å²) in [5.41, 5.74) is 4.72. The number of benzene rings is 4. The number of nitrogens with zero attached hydrogens (tertiary/aromatic N) is 2. The van der Waals surface area contributed by atoms with Gasteiger partial charge in [0.15, 0.2) is 0 Å². The molecule has 0 fully saturated rings. The first kappa shape index (κ1) is 26.7. The molecule has 198 valence electrons. The van der Waals surface area contributed by atoms with Crippen LogP contribution in [-0.2, 0) is 29.7 Å². The van der Waals surface area contributed by atoms with E-state index in [-0.39, 0.29) is 12.5 Å². The second-order valence-corrected chi connectivity index (χ2v) is 12.7. The van der Waals surface area contributed by atoms with Crippen molar-refractivity contribution in [3.8, 4) is 0 Å². The lowest BCUT2D eigenvalue weighted by molar-refractivity contribution is 0.0735. The number of aryl methyl sites for hydroxylation is 1. The normalized spacial score (nSPS) is 11.4. The molecule has 4 aromatic carbocycles. The highest BCUT2D eigenvalue weighted by Gasteiger charge is 2.22. The van der Waals surface area contributed by atoms with Crippen LogP contribution in [0.2, 0.25) is 0 Å². The number of fused-ring (bicyclic) bond motifs is 1. The lowest BCUT2D eigenvalue weighted by Crippen LogP contribution is -2.29. The van der Waals surface area contributed by atoms with E-state index < -0.39 is 10.0 Å². The zero-order valence-corrected chi connectivity index (χ0v) is 23.6. The molecule has 0 N–H and O–H groups in total. The fraction of sp³-hybridized carbons (Fsp3) is 0.156. The Hall–Kier alpha value is -3.94. The van der Waals surface area contributed by atoms with Crippen LogP contribution < -0.4 is 4.31 Å². The topological polar surface area (TPSA) is 57.7 Å². The molecule has 0 aliphatic carbocycles. The van der Waals surface area contributed by atoms with Crippen LogP contribution in [0.3, 0.4) is 0 Å². The average molecular weight is 555 g/mol. The molecule has 0 unspecified atom stereocenters. The molecule has 0 atom stereocenters.